The third-order valence-corrected chi connectivity index (χ3v) is 4.88. The van der Waals surface area contributed by atoms with Gasteiger partial charge in [-0.1, -0.05) is 0 Å². The van der Waals surface area contributed by atoms with Crippen molar-refractivity contribution in [1.29, 1.82) is 0 Å². The molecule has 0 saturated heterocycles. The molecule has 0 amide bonds. The van der Waals surface area contributed by atoms with Crippen LogP contribution in [0.15, 0.2) is 23.6 Å². The maximum absolute atomic E-state index is 11.4. The van der Waals surface area contributed by atoms with Crippen LogP contribution in [0.2, 0.25) is 0 Å². The molecule has 0 bridgehead atoms. The second-order valence-electron chi connectivity index (χ2n) is 3.82. The van der Waals surface area contributed by atoms with Gasteiger partial charge in [0.1, 0.15) is 5.75 Å². The molecule has 2 nitrogen and oxygen atoms in total. The summed E-state index contributed by atoms with van der Waals surface area (Å²) in [6.45, 7) is 1.60. The smallest absolute Gasteiger partial charge is 0.169 e. The highest BCUT2D eigenvalue weighted by molar-refractivity contribution is 7.21. The molecule has 0 unspecified atom stereocenters. The van der Waals surface area contributed by atoms with E-state index in [1.165, 1.54) is 16.7 Å². The molecule has 3 rings (SSSR count). The van der Waals surface area contributed by atoms with Gasteiger partial charge >= 0.3 is 0 Å². The standard InChI is InChI=1S/C13H10O2S2/c1-7(14)11-5-9-8-3-4-16-13(8)10(15-2)6-12(9)17-11/h3-6H,1-2H3. The van der Waals surface area contributed by atoms with Crippen molar-refractivity contribution in [2.75, 3.05) is 7.11 Å². The van der Waals surface area contributed by atoms with Crippen molar-refractivity contribution in [3.63, 3.8) is 0 Å². The number of methoxy groups -OCH3 is 1. The van der Waals surface area contributed by atoms with E-state index >= 15 is 0 Å². The largest absolute Gasteiger partial charge is 0.495 e. The fourth-order valence-electron chi connectivity index (χ4n) is 1.94. The van der Waals surface area contributed by atoms with Crippen molar-refractivity contribution >= 4 is 48.6 Å². The number of ether oxygens (including phenoxy) is 1. The zero-order chi connectivity index (χ0) is 12.0. The molecule has 4 heteroatoms. The van der Waals surface area contributed by atoms with Crippen molar-refractivity contribution in [2.45, 2.75) is 6.92 Å². The van der Waals surface area contributed by atoms with Crippen molar-refractivity contribution in [1.82, 2.24) is 0 Å². The lowest BCUT2D eigenvalue weighted by Crippen LogP contribution is -1.83. The number of thiophene rings is 2. The highest BCUT2D eigenvalue weighted by atomic mass is 32.1. The molecular formula is C13H10O2S2. The fourth-order valence-corrected chi connectivity index (χ4v) is 3.85. The van der Waals surface area contributed by atoms with Crippen LogP contribution in [-0.4, -0.2) is 12.9 Å². The molecule has 0 atom stereocenters. The van der Waals surface area contributed by atoms with E-state index in [0.717, 1.165) is 25.4 Å². The van der Waals surface area contributed by atoms with Gasteiger partial charge in [0, 0.05) is 15.5 Å². The minimum Gasteiger partial charge on any atom is -0.495 e. The van der Waals surface area contributed by atoms with Crippen LogP contribution in [-0.2, 0) is 0 Å². The summed E-state index contributed by atoms with van der Waals surface area (Å²) in [6.07, 6.45) is 0. The highest BCUT2D eigenvalue weighted by Crippen LogP contribution is 2.40. The lowest BCUT2D eigenvalue weighted by atomic mass is 10.1. The van der Waals surface area contributed by atoms with Crippen LogP contribution in [0.5, 0.6) is 5.75 Å². The molecule has 0 aliphatic heterocycles. The van der Waals surface area contributed by atoms with E-state index in [0.29, 0.717) is 0 Å². The van der Waals surface area contributed by atoms with Gasteiger partial charge < -0.3 is 4.74 Å². The maximum Gasteiger partial charge on any atom is 0.169 e. The zero-order valence-electron chi connectivity index (χ0n) is 9.44. The Morgan fingerprint density at radius 1 is 1.29 bits per heavy atom. The van der Waals surface area contributed by atoms with Gasteiger partial charge in [0.15, 0.2) is 5.78 Å². The van der Waals surface area contributed by atoms with E-state index in [1.807, 2.05) is 12.1 Å². The number of ketones is 1. The molecule has 2 aromatic heterocycles. The average Bonchev–Trinajstić information content (AvgIpc) is 2.93. The quantitative estimate of drug-likeness (QED) is 0.643. The number of benzene rings is 1. The molecule has 0 aliphatic carbocycles. The first-order valence-electron chi connectivity index (χ1n) is 5.19. The van der Waals surface area contributed by atoms with Crippen LogP contribution in [0.1, 0.15) is 16.6 Å². The van der Waals surface area contributed by atoms with Crippen LogP contribution in [0.4, 0.5) is 0 Å². The van der Waals surface area contributed by atoms with Gasteiger partial charge in [-0.15, -0.1) is 22.7 Å². The topological polar surface area (TPSA) is 26.3 Å². The van der Waals surface area contributed by atoms with Gasteiger partial charge in [-0.2, -0.15) is 0 Å². The van der Waals surface area contributed by atoms with E-state index in [1.54, 1.807) is 25.4 Å². The summed E-state index contributed by atoms with van der Waals surface area (Å²) in [5, 5.41) is 4.38. The van der Waals surface area contributed by atoms with Crippen molar-refractivity contribution in [3.8, 4) is 5.75 Å². The Hall–Kier alpha value is -1.39. The van der Waals surface area contributed by atoms with Crippen LogP contribution < -0.4 is 4.74 Å². The summed E-state index contributed by atoms with van der Waals surface area (Å²) in [5.41, 5.74) is 0. The second kappa shape index (κ2) is 3.82. The van der Waals surface area contributed by atoms with Crippen molar-refractivity contribution in [3.05, 3.63) is 28.5 Å². The van der Waals surface area contributed by atoms with E-state index in [2.05, 4.69) is 11.4 Å². The normalized spacial score (nSPS) is 11.2. The first-order valence-corrected chi connectivity index (χ1v) is 6.89. The van der Waals surface area contributed by atoms with Crippen molar-refractivity contribution in [2.24, 2.45) is 0 Å². The number of Topliss-reactive ketones (excluding diaryl/α,β-unsaturated/α-hetero) is 1. The summed E-state index contributed by atoms with van der Waals surface area (Å²) >= 11 is 3.19. The Labute approximate surface area is 106 Å². The number of hydrogen-bond acceptors (Lipinski definition) is 4. The second-order valence-corrected chi connectivity index (χ2v) is 5.82. The molecule has 86 valence electrons. The first kappa shape index (κ1) is 10.7. The lowest BCUT2D eigenvalue weighted by Gasteiger charge is -2.01. The predicted molar refractivity (Wildman–Crippen MR) is 73.8 cm³/mol. The fraction of sp³-hybridized carbons (Fsp3) is 0.154. The van der Waals surface area contributed by atoms with E-state index in [9.17, 15) is 4.79 Å². The molecule has 0 fully saturated rings. The molecule has 0 saturated carbocycles. The maximum atomic E-state index is 11.4. The van der Waals surface area contributed by atoms with Crippen LogP contribution in [0.3, 0.4) is 0 Å². The third-order valence-electron chi connectivity index (χ3n) is 2.77. The van der Waals surface area contributed by atoms with E-state index in [-0.39, 0.29) is 5.78 Å². The average molecular weight is 262 g/mol. The SMILES string of the molecule is COc1cc2sc(C(C)=O)cc2c2ccsc12. The summed E-state index contributed by atoms with van der Waals surface area (Å²) in [7, 11) is 1.68. The summed E-state index contributed by atoms with van der Waals surface area (Å²) < 4.78 is 7.65. The van der Waals surface area contributed by atoms with Gasteiger partial charge in [0.25, 0.3) is 0 Å². The molecule has 0 radical (unpaired) electrons. The lowest BCUT2D eigenvalue weighted by molar-refractivity contribution is 0.102. The van der Waals surface area contributed by atoms with Gasteiger partial charge in [-0.05, 0) is 30.5 Å². The summed E-state index contributed by atoms with van der Waals surface area (Å²) in [6, 6.07) is 6.09. The molecule has 3 aromatic rings. The van der Waals surface area contributed by atoms with Crippen molar-refractivity contribution < 1.29 is 9.53 Å². The van der Waals surface area contributed by atoms with Crippen LogP contribution in [0.25, 0.3) is 20.2 Å². The van der Waals surface area contributed by atoms with E-state index in [4.69, 9.17) is 4.74 Å². The zero-order valence-corrected chi connectivity index (χ0v) is 11.1. The number of hydrogen-bond donors (Lipinski definition) is 0. The molecule has 0 spiro atoms. The van der Waals surface area contributed by atoms with E-state index < -0.39 is 0 Å². The summed E-state index contributed by atoms with van der Waals surface area (Å²) in [5.74, 6) is 1.01. The molecule has 17 heavy (non-hydrogen) atoms. The highest BCUT2D eigenvalue weighted by Gasteiger charge is 2.12. The Morgan fingerprint density at radius 2 is 2.12 bits per heavy atom. The number of carbonyl (C=O) groups excluding carboxylic acids is 1. The Morgan fingerprint density at radius 3 is 2.82 bits per heavy atom. The molecule has 0 N–H and O–H groups in total. The predicted octanol–water partition coefficient (Wildman–Crippen LogP) is 4.33. The Kier molecular flexibility index (Phi) is 2.42. The van der Waals surface area contributed by atoms with Gasteiger partial charge in [0.05, 0.1) is 16.7 Å². The number of carbonyl (C=O) groups is 1. The molecular weight excluding hydrogens is 252 g/mol. The van der Waals surface area contributed by atoms with Crippen LogP contribution in [0, 0.1) is 0 Å². The van der Waals surface area contributed by atoms with Gasteiger partial charge in [-0.25, -0.2) is 0 Å². The first-order chi connectivity index (χ1) is 8.20. The van der Waals surface area contributed by atoms with Gasteiger partial charge in [0.2, 0.25) is 0 Å². The summed E-state index contributed by atoms with van der Waals surface area (Å²) in [4.78, 5) is 12.2. The number of fused-ring (bicyclic) bond motifs is 3. The van der Waals surface area contributed by atoms with Crippen LogP contribution >= 0.6 is 22.7 Å². The Balaban J connectivity index is 2.45. The number of rotatable bonds is 2. The minimum atomic E-state index is 0.119. The van der Waals surface area contributed by atoms with Gasteiger partial charge in [-0.3, -0.25) is 4.79 Å². The Bertz CT molecular complexity index is 722. The molecule has 0 aliphatic rings. The monoisotopic (exact) mass is 262 g/mol. The third kappa shape index (κ3) is 1.56. The molecule has 2 heterocycles. The molecule has 1 aromatic carbocycles. The minimum absolute atomic E-state index is 0.119.